The highest BCUT2D eigenvalue weighted by Crippen LogP contribution is 2.34. The molecule has 0 aromatic heterocycles. The van der Waals surface area contributed by atoms with Crippen molar-refractivity contribution in [3.8, 4) is 0 Å². The number of carboxylic acids is 1. The molecule has 5 heteroatoms. The number of nitrogens with zero attached hydrogens (tertiary/aromatic N) is 1. The Morgan fingerprint density at radius 2 is 2.06 bits per heavy atom. The van der Waals surface area contributed by atoms with Crippen LogP contribution in [-0.4, -0.2) is 41.1 Å². The van der Waals surface area contributed by atoms with Crippen LogP contribution >= 0.6 is 0 Å². The predicted octanol–water partition coefficient (Wildman–Crippen LogP) is 1.68. The number of carbonyl (C=O) groups excluding carboxylic acids is 1. The van der Waals surface area contributed by atoms with Gasteiger partial charge in [0, 0.05) is 12.6 Å². The molecule has 0 bridgehead atoms. The van der Waals surface area contributed by atoms with Crippen molar-refractivity contribution in [2.75, 3.05) is 13.1 Å². The summed E-state index contributed by atoms with van der Waals surface area (Å²) in [4.78, 5) is 23.7. The van der Waals surface area contributed by atoms with Crippen LogP contribution in [0.2, 0.25) is 0 Å². The maximum Gasteiger partial charge on any atom is 0.323 e. The Bertz CT molecular complexity index is 277. The first-order valence-corrected chi connectivity index (χ1v) is 6.34. The average Bonchev–Trinajstić information content (AvgIpc) is 3.08. The molecule has 0 aliphatic heterocycles. The van der Waals surface area contributed by atoms with Gasteiger partial charge < -0.3 is 15.3 Å². The summed E-state index contributed by atoms with van der Waals surface area (Å²) in [7, 11) is 0. The van der Waals surface area contributed by atoms with Gasteiger partial charge in [-0.2, -0.15) is 0 Å². The van der Waals surface area contributed by atoms with E-state index in [0.29, 0.717) is 6.54 Å². The zero-order valence-electron chi connectivity index (χ0n) is 10.6. The largest absolute Gasteiger partial charge is 0.480 e. The minimum Gasteiger partial charge on any atom is -0.480 e. The van der Waals surface area contributed by atoms with Crippen LogP contribution in [0, 0.1) is 5.92 Å². The Morgan fingerprint density at radius 1 is 1.41 bits per heavy atom. The number of carboxylic acid groups (broad SMARTS) is 1. The highest BCUT2D eigenvalue weighted by Gasteiger charge is 2.26. The van der Waals surface area contributed by atoms with Gasteiger partial charge in [0.05, 0.1) is 0 Å². The molecule has 0 heterocycles. The van der Waals surface area contributed by atoms with Crippen molar-refractivity contribution in [1.29, 1.82) is 0 Å². The fourth-order valence-corrected chi connectivity index (χ4v) is 1.84. The standard InChI is InChI=1S/C12H22N2O3/c1-3-10(7-9-5-6-9)13-12(17)14(4-2)8-11(15)16/h9-10H,3-8H2,1-2H3,(H,13,17)(H,15,16). The molecule has 1 saturated carbocycles. The van der Waals surface area contributed by atoms with Gasteiger partial charge in [0.2, 0.25) is 0 Å². The molecule has 1 unspecified atom stereocenters. The lowest BCUT2D eigenvalue weighted by Crippen LogP contribution is -2.46. The molecule has 1 atom stereocenters. The van der Waals surface area contributed by atoms with Crippen LogP contribution in [0.25, 0.3) is 0 Å². The van der Waals surface area contributed by atoms with E-state index in [1.54, 1.807) is 6.92 Å². The van der Waals surface area contributed by atoms with Crippen molar-refractivity contribution in [3.05, 3.63) is 0 Å². The summed E-state index contributed by atoms with van der Waals surface area (Å²) >= 11 is 0. The number of carbonyl (C=O) groups is 2. The molecule has 2 amide bonds. The first-order chi connectivity index (χ1) is 8.06. The lowest BCUT2D eigenvalue weighted by atomic mass is 10.1. The molecule has 1 aliphatic rings. The second-order valence-electron chi connectivity index (χ2n) is 4.64. The number of aliphatic carboxylic acids is 1. The van der Waals surface area contributed by atoms with Crippen LogP contribution in [0.4, 0.5) is 4.79 Å². The molecule has 0 saturated heterocycles. The Balaban J connectivity index is 2.39. The Labute approximate surface area is 102 Å². The third kappa shape index (κ3) is 5.06. The fraction of sp³-hybridized carbons (Fsp3) is 0.833. The normalized spacial score (nSPS) is 16.4. The zero-order chi connectivity index (χ0) is 12.8. The predicted molar refractivity (Wildman–Crippen MR) is 64.8 cm³/mol. The quantitative estimate of drug-likeness (QED) is 0.713. The van der Waals surface area contributed by atoms with E-state index in [4.69, 9.17) is 5.11 Å². The fourth-order valence-electron chi connectivity index (χ4n) is 1.84. The lowest BCUT2D eigenvalue weighted by molar-refractivity contribution is -0.137. The van der Waals surface area contributed by atoms with Crippen molar-refractivity contribution in [2.24, 2.45) is 5.92 Å². The summed E-state index contributed by atoms with van der Waals surface area (Å²) < 4.78 is 0. The van der Waals surface area contributed by atoms with Gasteiger partial charge in [-0.05, 0) is 25.7 Å². The first kappa shape index (κ1) is 13.8. The maximum absolute atomic E-state index is 11.8. The summed E-state index contributed by atoms with van der Waals surface area (Å²) in [6.07, 6.45) is 4.44. The van der Waals surface area contributed by atoms with Gasteiger partial charge in [0.15, 0.2) is 0 Å². The van der Waals surface area contributed by atoms with Crippen LogP contribution in [0.3, 0.4) is 0 Å². The lowest BCUT2D eigenvalue weighted by Gasteiger charge is -2.23. The van der Waals surface area contributed by atoms with Crippen molar-refractivity contribution < 1.29 is 14.7 Å². The van der Waals surface area contributed by atoms with Gasteiger partial charge in [-0.3, -0.25) is 4.79 Å². The Morgan fingerprint density at radius 3 is 2.47 bits per heavy atom. The second kappa shape index (κ2) is 6.47. The molecule has 1 rings (SSSR count). The number of hydrogen-bond acceptors (Lipinski definition) is 2. The summed E-state index contributed by atoms with van der Waals surface area (Å²) in [5, 5.41) is 11.6. The van der Waals surface area contributed by atoms with Gasteiger partial charge in [-0.15, -0.1) is 0 Å². The van der Waals surface area contributed by atoms with E-state index in [9.17, 15) is 9.59 Å². The van der Waals surface area contributed by atoms with Gasteiger partial charge in [-0.1, -0.05) is 19.8 Å². The van der Waals surface area contributed by atoms with E-state index in [-0.39, 0.29) is 18.6 Å². The monoisotopic (exact) mass is 242 g/mol. The van der Waals surface area contributed by atoms with E-state index in [1.807, 2.05) is 6.92 Å². The molecule has 0 aromatic carbocycles. The number of likely N-dealkylation sites (N-methyl/N-ethyl adjacent to an activating group) is 1. The molecular formula is C12H22N2O3. The number of amides is 2. The molecule has 0 spiro atoms. The molecule has 98 valence electrons. The van der Waals surface area contributed by atoms with Crippen LogP contribution in [0.1, 0.15) is 39.5 Å². The highest BCUT2D eigenvalue weighted by atomic mass is 16.4. The molecule has 0 aromatic rings. The van der Waals surface area contributed by atoms with Crippen LogP contribution in [0.15, 0.2) is 0 Å². The third-order valence-electron chi connectivity index (χ3n) is 3.13. The number of rotatable bonds is 7. The molecule has 17 heavy (non-hydrogen) atoms. The summed E-state index contributed by atoms with van der Waals surface area (Å²) in [6, 6.07) is -0.0831. The minimum absolute atomic E-state index is 0.179. The zero-order valence-corrected chi connectivity index (χ0v) is 10.6. The van der Waals surface area contributed by atoms with Crippen LogP contribution in [0.5, 0.6) is 0 Å². The summed E-state index contributed by atoms with van der Waals surface area (Å²) in [5.74, 6) is -0.216. The molecule has 5 nitrogen and oxygen atoms in total. The SMILES string of the molecule is CCC(CC1CC1)NC(=O)N(CC)CC(=O)O. The van der Waals surface area contributed by atoms with E-state index in [2.05, 4.69) is 5.32 Å². The molecule has 1 aliphatic carbocycles. The molecule has 1 fully saturated rings. The topological polar surface area (TPSA) is 69.6 Å². The van der Waals surface area contributed by atoms with Crippen molar-refractivity contribution in [2.45, 2.75) is 45.6 Å². The van der Waals surface area contributed by atoms with Gasteiger partial charge in [0.1, 0.15) is 6.54 Å². The molecular weight excluding hydrogens is 220 g/mol. The maximum atomic E-state index is 11.8. The number of urea groups is 1. The van der Waals surface area contributed by atoms with Gasteiger partial charge >= 0.3 is 12.0 Å². The Kier molecular flexibility index (Phi) is 5.25. The third-order valence-corrected chi connectivity index (χ3v) is 3.13. The summed E-state index contributed by atoms with van der Waals surface area (Å²) in [6.45, 7) is 4.01. The average molecular weight is 242 g/mol. The van der Waals surface area contributed by atoms with Gasteiger partial charge in [0.25, 0.3) is 0 Å². The minimum atomic E-state index is -0.975. The molecule has 0 radical (unpaired) electrons. The van der Waals surface area contributed by atoms with E-state index in [0.717, 1.165) is 18.8 Å². The number of hydrogen-bond donors (Lipinski definition) is 2. The smallest absolute Gasteiger partial charge is 0.323 e. The van der Waals surface area contributed by atoms with Crippen molar-refractivity contribution in [3.63, 3.8) is 0 Å². The molecule has 2 N–H and O–H groups in total. The van der Waals surface area contributed by atoms with Gasteiger partial charge in [-0.25, -0.2) is 4.79 Å². The van der Waals surface area contributed by atoms with Crippen LogP contribution < -0.4 is 5.32 Å². The van der Waals surface area contributed by atoms with E-state index < -0.39 is 5.97 Å². The van der Waals surface area contributed by atoms with Crippen LogP contribution in [-0.2, 0) is 4.79 Å². The summed E-state index contributed by atoms with van der Waals surface area (Å²) in [5.41, 5.74) is 0. The van der Waals surface area contributed by atoms with E-state index in [1.165, 1.54) is 17.7 Å². The first-order valence-electron chi connectivity index (χ1n) is 6.34. The van der Waals surface area contributed by atoms with Crippen molar-refractivity contribution >= 4 is 12.0 Å². The second-order valence-corrected chi connectivity index (χ2v) is 4.64. The number of nitrogens with one attached hydrogen (secondary N) is 1. The van der Waals surface area contributed by atoms with E-state index >= 15 is 0 Å². The highest BCUT2D eigenvalue weighted by molar-refractivity contribution is 5.80. The van der Waals surface area contributed by atoms with Crippen molar-refractivity contribution in [1.82, 2.24) is 10.2 Å². The Hall–Kier alpha value is -1.26.